The third kappa shape index (κ3) is 6.97. The van der Waals surface area contributed by atoms with E-state index in [1.54, 1.807) is 24.3 Å². The second-order valence-corrected chi connectivity index (χ2v) is 8.74. The van der Waals surface area contributed by atoms with Crippen molar-refractivity contribution in [1.29, 1.82) is 0 Å². The highest BCUT2D eigenvalue weighted by atomic mass is 19.3. The summed E-state index contributed by atoms with van der Waals surface area (Å²) in [7, 11) is 0. The maximum atomic E-state index is 15.2. The van der Waals surface area contributed by atoms with Crippen LogP contribution in [0.2, 0.25) is 0 Å². The summed E-state index contributed by atoms with van der Waals surface area (Å²) in [5.74, 6) is -0.143. The Balaban J connectivity index is 1.34. The van der Waals surface area contributed by atoms with E-state index in [1.807, 2.05) is 18.2 Å². The quantitative estimate of drug-likeness (QED) is 0.273. The molecule has 3 aromatic carbocycles. The molecule has 0 amide bonds. The molecule has 1 saturated heterocycles. The van der Waals surface area contributed by atoms with Crippen LogP contribution in [0.15, 0.2) is 54.6 Å². The van der Waals surface area contributed by atoms with Crippen molar-refractivity contribution in [2.75, 3.05) is 19.8 Å². The van der Waals surface area contributed by atoms with Crippen molar-refractivity contribution in [3.8, 4) is 5.75 Å². The van der Waals surface area contributed by atoms with Gasteiger partial charge in [0.05, 0.1) is 13.2 Å². The summed E-state index contributed by atoms with van der Waals surface area (Å²) in [5, 5.41) is 1.32. The molecular formula is C28H31F3O4. The topological polar surface area (TPSA) is 36.9 Å². The highest BCUT2D eigenvalue weighted by Gasteiger charge is 2.24. The molecule has 35 heavy (non-hydrogen) atoms. The van der Waals surface area contributed by atoms with Gasteiger partial charge in [0.25, 0.3) is 0 Å². The Kier molecular flexibility index (Phi) is 9.01. The zero-order valence-electron chi connectivity index (χ0n) is 19.9. The van der Waals surface area contributed by atoms with Crippen LogP contribution in [0.4, 0.5) is 13.2 Å². The molecule has 4 nitrogen and oxygen atoms in total. The van der Waals surface area contributed by atoms with Gasteiger partial charge in [-0.05, 0) is 54.0 Å². The summed E-state index contributed by atoms with van der Waals surface area (Å²) in [6, 6.07) is 15.6. The lowest BCUT2D eigenvalue weighted by atomic mass is 9.99. The summed E-state index contributed by atoms with van der Waals surface area (Å²) in [5.41, 5.74) is 2.37. The van der Waals surface area contributed by atoms with Gasteiger partial charge in [-0.25, -0.2) is 4.39 Å². The Labute approximate surface area is 203 Å². The van der Waals surface area contributed by atoms with Gasteiger partial charge in [0.1, 0.15) is 17.7 Å². The predicted molar refractivity (Wildman–Crippen MR) is 128 cm³/mol. The largest absolute Gasteiger partial charge is 0.435 e. The van der Waals surface area contributed by atoms with Gasteiger partial charge >= 0.3 is 6.61 Å². The molecule has 0 radical (unpaired) electrons. The highest BCUT2D eigenvalue weighted by molar-refractivity contribution is 5.84. The average Bonchev–Trinajstić information content (AvgIpc) is 2.87. The van der Waals surface area contributed by atoms with Crippen LogP contribution in [0.3, 0.4) is 0 Å². The number of alkyl halides is 2. The Morgan fingerprint density at radius 1 is 0.943 bits per heavy atom. The molecule has 1 fully saturated rings. The van der Waals surface area contributed by atoms with Crippen molar-refractivity contribution < 1.29 is 32.1 Å². The van der Waals surface area contributed by atoms with Crippen molar-refractivity contribution in [2.24, 2.45) is 0 Å². The number of hydrogen-bond acceptors (Lipinski definition) is 4. The summed E-state index contributed by atoms with van der Waals surface area (Å²) in [4.78, 5) is 0. The smallest absolute Gasteiger partial charge is 0.387 e. The zero-order valence-corrected chi connectivity index (χ0v) is 19.9. The van der Waals surface area contributed by atoms with E-state index in [2.05, 4.69) is 11.7 Å². The lowest BCUT2D eigenvalue weighted by Gasteiger charge is -2.29. The molecule has 0 bridgehead atoms. The van der Waals surface area contributed by atoms with Crippen LogP contribution in [-0.4, -0.2) is 32.5 Å². The van der Waals surface area contributed by atoms with E-state index < -0.39 is 12.9 Å². The van der Waals surface area contributed by atoms with Crippen LogP contribution in [-0.2, 0) is 27.1 Å². The number of benzene rings is 3. The Hall–Kier alpha value is -2.61. The van der Waals surface area contributed by atoms with Crippen LogP contribution >= 0.6 is 0 Å². The van der Waals surface area contributed by atoms with E-state index in [4.69, 9.17) is 14.2 Å². The van der Waals surface area contributed by atoms with Crippen LogP contribution in [0.5, 0.6) is 5.75 Å². The number of rotatable bonds is 11. The van der Waals surface area contributed by atoms with Gasteiger partial charge in [0.2, 0.25) is 0 Å². The van der Waals surface area contributed by atoms with Gasteiger partial charge in [-0.15, -0.1) is 0 Å². The maximum Gasteiger partial charge on any atom is 0.387 e. The molecule has 1 heterocycles. The molecule has 0 unspecified atom stereocenters. The number of fused-ring (bicyclic) bond motifs is 1. The van der Waals surface area contributed by atoms with Gasteiger partial charge in [-0.3, -0.25) is 0 Å². The zero-order chi connectivity index (χ0) is 24.6. The van der Waals surface area contributed by atoms with Gasteiger partial charge in [0.15, 0.2) is 6.29 Å². The minimum atomic E-state index is -2.85. The number of ether oxygens (including phenoxy) is 4. The molecule has 0 saturated carbocycles. The van der Waals surface area contributed by atoms with Crippen LogP contribution in [0, 0.1) is 5.82 Å². The normalized spacial score (nSPS) is 18.3. The molecule has 188 valence electrons. The lowest BCUT2D eigenvalue weighted by Crippen LogP contribution is -2.33. The first kappa shape index (κ1) is 25.5. The van der Waals surface area contributed by atoms with E-state index >= 15 is 4.39 Å². The first-order chi connectivity index (χ1) is 17.0. The van der Waals surface area contributed by atoms with Crippen LogP contribution in [0.1, 0.15) is 49.2 Å². The van der Waals surface area contributed by atoms with Crippen molar-refractivity contribution in [3.63, 3.8) is 0 Å². The summed E-state index contributed by atoms with van der Waals surface area (Å²) >= 11 is 0. The predicted octanol–water partition coefficient (Wildman–Crippen LogP) is 6.99. The monoisotopic (exact) mass is 488 g/mol. The van der Waals surface area contributed by atoms with Crippen molar-refractivity contribution in [3.05, 3.63) is 77.1 Å². The minimum absolute atomic E-state index is 0.0587. The van der Waals surface area contributed by atoms with E-state index in [0.717, 1.165) is 35.8 Å². The number of halogens is 3. The van der Waals surface area contributed by atoms with E-state index in [1.165, 1.54) is 12.1 Å². The Morgan fingerprint density at radius 2 is 1.71 bits per heavy atom. The van der Waals surface area contributed by atoms with Gasteiger partial charge in [-0.2, -0.15) is 8.78 Å². The molecule has 0 aliphatic carbocycles. The van der Waals surface area contributed by atoms with Crippen molar-refractivity contribution in [2.45, 2.75) is 58.0 Å². The SMILES string of the molecule is CCCCCOC1COC(c2ccc3c(F)c(CCc4ccc(OC(F)F)cc4)ccc3c2)OC1. The summed E-state index contributed by atoms with van der Waals surface area (Å²) < 4.78 is 61.7. The molecular weight excluding hydrogens is 457 g/mol. The van der Waals surface area contributed by atoms with E-state index in [0.29, 0.717) is 43.6 Å². The first-order valence-corrected chi connectivity index (χ1v) is 12.1. The number of aryl methyl sites for hydroxylation is 2. The van der Waals surface area contributed by atoms with Gasteiger partial charge in [-0.1, -0.05) is 56.2 Å². The second kappa shape index (κ2) is 12.4. The van der Waals surface area contributed by atoms with Crippen molar-refractivity contribution >= 4 is 10.8 Å². The van der Waals surface area contributed by atoms with E-state index in [-0.39, 0.29) is 17.7 Å². The first-order valence-electron chi connectivity index (χ1n) is 12.1. The maximum absolute atomic E-state index is 15.2. The van der Waals surface area contributed by atoms with Crippen LogP contribution < -0.4 is 4.74 Å². The molecule has 4 rings (SSSR count). The minimum Gasteiger partial charge on any atom is -0.435 e. The molecule has 7 heteroatoms. The number of unbranched alkanes of at least 4 members (excludes halogenated alkanes) is 2. The fourth-order valence-electron chi connectivity index (χ4n) is 4.19. The second-order valence-electron chi connectivity index (χ2n) is 8.74. The average molecular weight is 489 g/mol. The third-order valence-corrected chi connectivity index (χ3v) is 6.13. The molecule has 0 atom stereocenters. The Morgan fingerprint density at radius 3 is 2.43 bits per heavy atom. The standard InChI is InChI=1S/C28H31F3O4/c1-2-3-4-15-32-24-17-33-27(34-18-24)22-11-14-25-21(16-22)10-9-20(26(25)29)8-5-19-6-12-23(13-7-19)35-28(30)31/h6-7,9-14,16,24,27-28H,2-5,8,15,17-18H2,1H3. The van der Waals surface area contributed by atoms with E-state index in [9.17, 15) is 8.78 Å². The number of hydrogen-bond donors (Lipinski definition) is 0. The van der Waals surface area contributed by atoms with Gasteiger partial charge in [0, 0.05) is 17.6 Å². The summed E-state index contributed by atoms with van der Waals surface area (Å²) in [6.45, 7) is 0.961. The lowest BCUT2D eigenvalue weighted by molar-refractivity contribution is -0.230. The highest BCUT2D eigenvalue weighted by Crippen LogP contribution is 2.29. The Bertz CT molecular complexity index is 1080. The summed E-state index contributed by atoms with van der Waals surface area (Å²) in [6.07, 6.45) is 3.87. The molecule has 3 aromatic rings. The van der Waals surface area contributed by atoms with Crippen LogP contribution in [0.25, 0.3) is 10.8 Å². The molecule has 0 spiro atoms. The molecule has 0 N–H and O–H groups in total. The molecule has 1 aliphatic rings. The fourth-order valence-corrected chi connectivity index (χ4v) is 4.19. The van der Waals surface area contributed by atoms with Crippen molar-refractivity contribution in [1.82, 2.24) is 0 Å². The molecule has 1 aliphatic heterocycles. The fraction of sp³-hybridized carbons (Fsp3) is 0.429. The third-order valence-electron chi connectivity index (χ3n) is 6.13. The van der Waals surface area contributed by atoms with Gasteiger partial charge < -0.3 is 18.9 Å². The molecule has 0 aromatic heterocycles.